The maximum atomic E-state index is 5.83. The quantitative estimate of drug-likeness (QED) is 0.826. The molecule has 0 radical (unpaired) electrons. The lowest BCUT2D eigenvalue weighted by Crippen LogP contribution is -2.54. The second kappa shape index (κ2) is 4.43. The summed E-state index contributed by atoms with van der Waals surface area (Å²) < 4.78 is 0. The molecule has 0 amide bonds. The number of rotatable bonds is 2. The lowest BCUT2D eigenvalue weighted by molar-refractivity contribution is -0.411. The summed E-state index contributed by atoms with van der Waals surface area (Å²) in [7, 11) is 0. The molecule has 0 saturated carbocycles. The van der Waals surface area contributed by atoms with Crippen molar-refractivity contribution in [1.82, 2.24) is 4.98 Å². The second-order valence-corrected chi connectivity index (χ2v) is 3.83. The van der Waals surface area contributed by atoms with Crippen molar-refractivity contribution in [3.63, 3.8) is 0 Å². The van der Waals surface area contributed by atoms with E-state index in [-0.39, 0.29) is 6.04 Å². The van der Waals surface area contributed by atoms with E-state index in [1.165, 1.54) is 0 Å². The number of pyridine rings is 1. The van der Waals surface area contributed by atoms with Crippen LogP contribution in [0.2, 0.25) is 5.02 Å². The van der Waals surface area contributed by atoms with Crippen LogP contribution in [-0.2, 0) is 0 Å². The van der Waals surface area contributed by atoms with E-state index in [4.69, 9.17) is 11.6 Å². The fourth-order valence-corrected chi connectivity index (χ4v) is 1.60. The lowest BCUT2D eigenvalue weighted by atomic mass is 10.0. The molecule has 3 heteroatoms. The monoisotopic (exact) mass is 219 g/mol. The zero-order valence-electron chi connectivity index (χ0n) is 8.23. The minimum atomic E-state index is 0.107. The van der Waals surface area contributed by atoms with Gasteiger partial charge < -0.3 is 5.73 Å². The van der Waals surface area contributed by atoms with Gasteiger partial charge in [-0.2, -0.15) is 0 Å². The molecule has 0 aliphatic heterocycles. The zero-order chi connectivity index (χ0) is 10.7. The smallest absolute Gasteiger partial charge is 0.137 e. The molecule has 0 bridgehead atoms. The average molecular weight is 220 g/mol. The van der Waals surface area contributed by atoms with Crippen LogP contribution in [0.1, 0.15) is 17.2 Å². The predicted molar refractivity (Wildman–Crippen MR) is 60.4 cm³/mol. The number of halogens is 1. The molecule has 15 heavy (non-hydrogen) atoms. The van der Waals surface area contributed by atoms with E-state index >= 15 is 0 Å². The first-order chi connectivity index (χ1) is 7.27. The molecule has 0 unspecified atom stereocenters. The predicted octanol–water partition coefficient (Wildman–Crippen LogP) is 2.07. The summed E-state index contributed by atoms with van der Waals surface area (Å²) in [5.74, 6) is 0. The summed E-state index contributed by atoms with van der Waals surface area (Å²) in [5, 5.41) is 0.747. The molecular formula is C12H12ClN2+. The highest BCUT2D eigenvalue weighted by atomic mass is 35.5. The zero-order valence-corrected chi connectivity index (χ0v) is 8.98. The molecule has 0 spiro atoms. The number of aromatic nitrogens is 1. The van der Waals surface area contributed by atoms with Crippen LogP contribution < -0.4 is 5.73 Å². The van der Waals surface area contributed by atoms with Gasteiger partial charge in [0.25, 0.3) is 0 Å². The lowest BCUT2D eigenvalue weighted by Gasteiger charge is -2.08. The van der Waals surface area contributed by atoms with Gasteiger partial charge in [0.15, 0.2) is 0 Å². The SMILES string of the molecule is [NH3+][C@@H](c1ccc(Cl)cc1)c1cccnc1. The van der Waals surface area contributed by atoms with Crippen LogP contribution in [0.25, 0.3) is 0 Å². The van der Waals surface area contributed by atoms with Gasteiger partial charge in [0.05, 0.1) is 0 Å². The maximum Gasteiger partial charge on any atom is 0.137 e. The Morgan fingerprint density at radius 1 is 1.07 bits per heavy atom. The summed E-state index contributed by atoms with van der Waals surface area (Å²) in [4.78, 5) is 4.08. The Morgan fingerprint density at radius 2 is 1.80 bits per heavy atom. The number of hydrogen-bond donors (Lipinski definition) is 1. The third-order valence-electron chi connectivity index (χ3n) is 2.36. The summed E-state index contributed by atoms with van der Waals surface area (Å²) in [6, 6.07) is 11.8. The largest absolute Gasteiger partial charge is 0.348 e. The van der Waals surface area contributed by atoms with Crippen LogP contribution in [0.4, 0.5) is 0 Å². The molecular weight excluding hydrogens is 208 g/mol. The van der Waals surface area contributed by atoms with E-state index in [1.54, 1.807) is 6.20 Å². The van der Waals surface area contributed by atoms with Gasteiger partial charge >= 0.3 is 0 Å². The summed E-state index contributed by atoms with van der Waals surface area (Å²) in [5.41, 5.74) is 6.38. The van der Waals surface area contributed by atoms with Crippen molar-refractivity contribution in [1.29, 1.82) is 0 Å². The van der Waals surface area contributed by atoms with Gasteiger partial charge in [-0.3, -0.25) is 4.98 Å². The third-order valence-corrected chi connectivity index (χ3v) is 2.61. The fourth-order valence-electron chi connectivity index (χ4n) is 1.47. The molecule has 2 rings (SSSR count). The van der Waals surface area contributed by atoms with Gasteiger partial charge in [-0.15, -0.1) is 0 Å². The first-order valence-electron chi connectivity index (χ1n) is 4.76. The van der Waals surface area contributed by atoms with Crippen molar-refractivity contribution >= 4 is 11.6 Å². The molecule has 1 aromatic heterocycles. The van der Waals surface area contributed by atoms with Crippen molar-refractivity contribution in [2.75, 3.05) is 0 Å². The highest BCUT2D eigenvalue weighted by molar-refractivity contribution is 6.30. The van der Waals surface area contributed by atoms with Crippen LogP contribution in [0.3, 0.4) is 0 Å². The second-order valence-electron chi connectivity index (χ2n) is 3.39. The Labute approximate surface area is 93.7 Å². The highest BCUT2D eigenvalue weighted by Crippen LogP contribution is 2.18. The molecule has 0 saturated heterocycles. The number of hydrogen-bond acceptors (Lipinski definition) is 1. The van der Waals surface area contributed by atoms with Gasteiger partial charge in [-0.1, -0.05) is 23.7 Å². The average Bonchev–Trinajstić information content (AvgIpc) is 2.30. The first-order valence-corrected chi connectivity index (χ1v) is 5.13. The van der Waals surface area contributed by atoms with Crippen molar-refractivity contribution in [2.24, 2.45) is 0 Å². The highest BCUT2D eigenvalue weighted by Gasteiger charge is 2.11. The molecule has 1 aromatic carbocycles. The number of benzene rings is 1. The Hall–Kier alpha value is -1.38. The van der Waals surface area contributed by atoms with Crippen molar-refractivity contribution < 1.29 is 5.73 Å². The van der Waals surface area contributed by atoms with Crippen LogP contribution >= 0.6 is 11.6 Å². The minimum absolute atomic E-state index is 0.107. The van der Waals surface area contributed by atoms with Gasteiger partial charge in [0, 0.05) is 28.5 Å². The Balaban J connectivity index is 2.29. The van der Waals surface area contributed by atoms with Crippen molar-refractivity contribution in [3.8, 4) is 0 Å². The molecule has 0 aliphatic carbocycles. The van der Waals surface area contributed by atoms with Gasteiger partial charge in [-0.25, -0.2) is 0 Å². The van der Waals surface area contributed by atoms with E-state index in [9.17, 15) is 0 Å². The van der Waals surface area contributed by atoms with Crippen LogP contribution in [0.15, 0.2) is 48.8 Å². The van der Waals surface area contributed by atoms with Gasteiger partial charge in [0.1, 0.15) is 6.04 Å². The van der Waals surface area contributed by atoms with E-state index in [2.05, 4.69) is 10.7 Å². The van der Waals surface area contributed by atoms with Crippen molar-refractivity contribution in [2.45, 2.75) is 6.04 Å². The van der Waals surface area contributed by atoms with E-state index < -0.39 is 0 Å². The topological polar surface area (TPSA) is 40.5 Å². The summed E-state index contributed by atoms with van der Waals surface area (Å²) >= 11 is 5.83. The number of nitrogens with zero attached hydrogens (tertiary/aromatic N) is 1. The molecule has 0 fully saturated rings. The van der Waals surface area contributed by atoms with Crippen molar-refractivity contribution in [3.05, 3.63) is 64.9 Å². The molecule has 76 valence electrons. The number of quaternary nitrogens is 1. The van der Waals surface area contributed by atoms with Gasteiger partial charge in [-0.05, 0) is 24.3 Å². The van der Waals surface area contributed by atoms with Crippen LogP contribution in [-0.4, -0.2) is 4.98 Å². The van der Waals surface area contributed by atoms with Gasteiger partial charge in [0.2, 0.25) is 0 Å². The fraction of sp³-hybridized carbons (Fsp3) is 0.0833. The van der Waals surface area contributed by atoms with E-state index in [0.717, 1.165) is 16.1 Å². The molecule has 1 heterocycles. The van der Waals surface area contributed by atoms with Crippen LogP contribution in [0.5, 0.6) is 0 Å². The Kier molecular flexibility index (Phi) is 2.99. The minimum Gasteiger partial charge on any atom is -0.348 e. The standard InChI is InChI=1S/C12H11ClN2/c13-11-5-3-9(4-6-11)12(14)10-2-1-7-15-8-10/h1-8,12H,14H2/p+1/t12-/m0/s1. The molecule has 2 nitrogen and oxygen atoms in total. The summed E-state index contributed by atoms with van der Waals surface area (Å²) in [6.07, 6.45) is 3.60. The summed E-state index contributed by atoms with van der Waals surface area (Å²) in [6.45, 7) is 0. The third kappa shape index (κ3) is 2.35. The normalized spacial score (nSPS) is 12.4. The molecule has 1 atom stereocenters. The first kappa shape index (κ1) is 10.1. The molecule has 0 aliphatic rings. The van der Waals surface area contributed by atoms with E-state index in [1.807, 2.05) is 42.6 Å². The maximum absolute atomic E-state index is 5.83. The molecule has 2 aromatic rings. The van der Waals surface area contributed by atoms with E-state index in [0.29, 0.717) is 0 Å². The Bertz CT molecular complexity index is 425. The van der Waals surface area contributed by atoms with Crippen LogP contribution in [0, 0.1) is 0 Å². The Morgan fingerprint density at radius 3 is 2.40 bits per heavy atom. The molecule has 3 N–H and O–H groups in total.